The van der Waals surface area contributed by atoms with Gasteiger partial charge >= 0.3 is 6.09 Å². The Hall–Kier alpha value is -2.48. The van der Waals surface area contributed by atoms with Gasteiger partial charge in [-0.25, -0.2) is 14.1 Å². The number of carbonyl (C=O) groups is 2. The van der Waals surface area contributed by atoms with Crippen LogP contribution in [0.3, 0.4) is 0 Å². The van der Waals surface area contributed by atoms with Crippen LogP contribution < -0.4 is 5.32 Å². The van der Waals surface area contributed by atoms with Gasteiger partial charge in [0.2, 0.25) is 0 Å². The number of halogens is 1. The third-order valence-electron chi connectivity index (χ3n) is 3.61. The lowest BCUT2D eigenvalue weighted by Crippen LogP contribution is -2.46. The molecule has 6 nitrogen and oxygen atoms in total. The first kappa shape index (κ1) is 19.8. The van der Waals surface area contributed by atoms with Crippen molar-refractivity contribution in [2.24, 2.45) is 0 Å². The van der Waals surface area contributed by atoms with Gasteiger partial charge in [0.15, 0.2) is 0 Å². The molecule has 1 aliphatic heterocycles. The monoisotopic (exact) mass is 380 g/mol. The van der Waals surface area contributed by atoms with Gasteiger partial charge < -0.3 is 15.2 Å². The van der Waals surface area contributed by atoms with Crippen LogP contribution in [0.4, 0.5) is 14.9 Å². The number of carbonyl (C=O) groups excluding carboxylic acids is 2. The molecule has 0 fully saturated rings. The normalized spacial score (nSPS) is 15.1. The number of rotatable bonds is 2. The molecular formula is C18H21FN2O4S. The zero-order valence-corrected chi connectivity index (χ0v) is 15.9. The summed E-state index contributed by atoms with van der Waals surface area (Å²) in [6.45, 7) is 6.80. The van der Waals surface area contributed by atoms with Crippen LogP contribution in [0, 0.1) is 12.7 Å². The van der Waals surface area contributed by atoms with Gasteiger partial charge in [-0.1, -0.05) is 18.3 Å². The van der Waals surface area contributed by atoms with Gasteiger partial charge in [0.05, 0.1) is 0 Å². The summed E-state index contributed by atoms with van der Waals surface area (Å²) >= 11 is 5.21. The van der Waals surface area contributed by atoms with E-state index in [1.54, 1.807) is 33.8 Å². The topological polar surface area (TPSA) is 78.9 Å². The molecule has 8 heteroatoms. The molecule has 0 bridgehead atoms. The van der Waals surface area contributed by atoms with Gasteiger partial charge in [-0.05, 0) is 45.4 Å². The van der Waals surface area contributed by atoms with Gasteiger partial charge in [0.1, 0.15) is 27.7 Å². The highest BCUT2D eigenvalue weighted by Gasteiger charge is 2.36. The lowest BCUT2D eigenvalue weighted by Gasteiger charge is -2.29. The van der Waals surface area contributed by atoms with Crippen LogP contribution in [0.2, 0.25) is 0 Å². The second-order valence-corrected chi connectivity index (χ2v) is 7.33. The van der Waals surface area contributed by atoms with E-state index in [1.165, 1.54) is 12.1 Å². The molecule has 140 valence electrons. The fraction of sp³-hybridized carbons (Fsp3) is 0.389. The zero-order valence-electron chi connectivity index (χ0n) is 15.1. The summed E-state index contributed by atoms with van der Waals surface area (Å²) in [5.74, 6) is -1.44. The van der Waals surface area contributed by atoms with E-state index in [4.69, 9.17) is 17.0 Å². The molecule has 1 aromatic carbocycles. The van der Waals surface area contributed by atoms with Crippen molar-refractivity contribution < 1.29 is 23.8 Å². The number of anilines is 1. The summed E-state index contributed by atoms with van der Waals surface area (Å²) in [7, 11) is 0. The van der Waals surface area contributed by atoms with Crippen LogP contribution >= 0.6 is 12.2 Å². The molecule has 0 spiro atoms. The fourth-order valence-electron chi connectivity index (χ4n) is 2.34. The van der Waals surface area contributed by atoms with Crippen molar-refractivity contribution >= 4 is 34.9 Å². The predicted octanol–water partition coefficient (Wildman–Crippen LogP) is 3.85. The van der Waals surface area contributed by atoms with Gasteiger partial charge in [0.25, 0.3) is 5.91 Å². The summed E-state index contributed by atoms with van der Waals surface area (Å²) in [5.41, 5.74) is 0.123. The quantitative estimate of drug-likeness (QED) is 0.759. The van der Waals surface area contributed by atoms with Crippen LogP contribution in [0.1, 0.15) is 32.8 Å². The number of thiocarbonyl (C=S) groups is 1. The molecule has 0 atom stereocenters. The van der Waals surface area contributed by atoms with E-state index >= 15 is 0 Å². The van der Waals surface area contributed by atoms with E-state index < -0.39 is 23.4 Å². The molecule has 26 heavy (non-hydrogen) atoms. The number of ether oxygens (including phenoxy) is 1. The number of imide groups is 1. The van der Waals surface area contributed by atoms with Gasteiger partial charge in [-0.15, -0.1) is 0 Å². The minimum Gasteiger partial charge on any atom is -0.511 e. The maximum absolute atomic E-state index is 13.4. The lowest BCUT2D eigenvalue weighted by molar-refractivity contribution is -0.126. The average Bonchev–Trinajstić information content (AvgIpc) is 2.49. The summed E-state index contributed by atoms with van der Waals surface area (Å²) in [4.78, 5) is 25.7. The van der Waals surface area contributed by atoms with E-state index in [0.717, 1.165) is 4.90 Å². The molecule has 1 heterocycles. The van der Waals surface area contributed by atoms with E-state index in [0.29, 0.717) is 11.3 Å². The van der Waals surface area contributed by atoms with Crippen molar-refractivity contribution in [3.63, 3.8) is 0 Å². The average molecular weight is 380 g/mol. The summed E-state index contributed by atoms with van der Waals surface area (Å²) in [5, 5.41) is 12.9. The summed E-state index contributed by atoms with van der Waals surface area (Å²) in [6.07, 6.45) is -0.748. The van der Waals surface area contributed by atoms with Crippen molar-refractivity contribution in [3.05, 3.63) is 40.9 Å². The summed E-state index contributed by atoms with van der Waals surface area (Å²) in [6, 6.07) is 4.10. The molecule has 2 N–H and O–H groups in total. The number of hydrogen-bond donors (Lipinski definition) is 2. The highest BCUT2D eigenvalue weighted by molar-refractivity contribution is 7.81. The predicted molar refractivity (Wildman–Crippen MR) is 99.6 cm³/mol. The minimum atomic E-state index is -0.808. The third-order valence-corrected chi connectivity index (χ3v) is 3.91. The second-order valence-electron chi connectivity index (χ2n) is 6.92. The van der Waals surface area contributed by atoms with Crippen molar-refractivity contribution in [1.82, 2.24) is 4.90 Å². The molecule has 0 aromatic heterocycles. The smallest absolute Gasteiger partial charge is 0.417 e. The molecular weight excluding hydrogens is 359 g/mol. The molecule has 1 aromatic rings. The van der Waals surface area contributed by atoms with Crippen LogP contribution in [-0.2, 0) is 9.53 Å². The highest BCUT2D eigenvalue weighted by atomic mass is 32.1. The zero-order chi connectivity index (χ0) is 19.6. The molecule has 0 saturated heterocycles. The molecule has 0 saturated carbocycles. The number of aryl methyl sites for hydroxylation is 1. The molecule has 2 rings (SSSR count). The van der Waals surface area contributed by atoms with Gasteiger partial charge in [-0.3, -0.25) is 4.79 Å². The van der Waals surface area contributed by atoms with E-state index in [1.807, 2.05) is 0 Å². The Kier molecular flexibility index (Phi) is 5.65. The molecule has 0 unspecified atom stereocenters. The molecule has 2 amide bonds. The van der Waals surface area contributed by atoms with E-state index in [-0.39, 0.29) is 29.3 Å². The Balaban J connectivity index is 2.24. The first-order chi connectivity index (χ1) is 12.0. The van der Waals surface area contributed by atoms with Crippen LogP contribution in [0.5, 0.6) is 0 Å². The Morgan fingerprint density at radius 1 is 1.38 bits per heavy atom. The number of hydrogen-bond acceptors (Lipinski definition) is 5. The van der Waals surface area contributed by atoms with Gasteiger partial charge in [0, 0.05) is 18.7 Å². The van der Waals surface area contributed by atoms with E-state index in [9.17, 15) is 19.1 Å². The Morgan fingerprint density at radius 3 is 2.65 bits per heavy atom. The molecule has 1 aliphatic rings. The molecule has 0 radical (unpaired) electrons. The number of aliphatic hydroxyl groups excluding tert-OH is 1. The van der Waals surface area contributed by atoms with Crippen LogP contribution in [0.15, 0.2) is 29.5 Å². The summed E-state index contributed by atoms with van der Waals surface area (Å²) < 4.78 is 18.7. The number of nitrogens with zero attached hydrogens (tertiary/aromatic N) is 1. The Labute approximate surface area is 156 Å². The fourth-order valence-corrected chi connectivity index (χ4v) is 2.65. The maximum Gasteiger partial charge on any atom is 0.417 e. The van der Waals surface area contributed by atoms with Crippen LogP contribution in [-0.4, -0.2) is 39.1 Å². The van der Waals surface area contributed by atoms with Crippen LogP contribution in [0.25, 0.3) is 0 Å². The van der Waals surface area contributed by atoms with Crippen molar-refractivity contribution in [2.75, 3.05) is 11.9 Å². The largest absolute Gasteiger partial charge is 0.511 e. The SMILES string of the molecule is Cc1ccc(F)cc1NC(=S)C1=C(O)CCN(C(=O)OC(C)(C)C)C1=O. The Bertz CT molecular complexity index is 799. The minimum absolute atomic E-state index is 0.00924. The number of amides is 2. The maximum atomic E-state index is 13.4. The number of nitrogens with one attached hydrogen (secondary N) is 1. The molecule has 0 aliphatic carbocycles. The second kappa shape index (κ2) is 7.41. The number of aliphatic hydroxyl groups is 1. The third kappa shape index (κ3) is 4.57. The standard InChI is InChI=1S/C18H21FN2O4S/c1-10-5-6-11(19)9-12(10)20-15(26)14-13(22)7-8-21(16(14)23)17(24)25-18(2,3)4/h5-6,9,22H,7-8H2,1-4H3,(H,20,26). The van der Waals surface area contributed by atoms with Crippen molar-refractivity contribution in [3.8, 4) is 0 Å². The lowest BCUT2D eigenvalue weighted by atomic mass is 10.1. The first-order valence-corrected chi connectivity index (χ1v) is 8.45. The number of benzene rings is 1. The first-order valence-electron chi connectivity index (χ1n) is 8.04. The van der Waals surface area contributed by atoms with Crippen molar-refractivity contribution in [1.29, 1.82) is 0 Å². The van der Waals surface area contributed by atoms with Gasteiger partial charge in [-0.2, -0.15) is 0 Å². The highest BCUT2D eigenvalue weighted by Crippen LogP contribution is 2.24. The Morgan fingerprint density at radius 2 is 2.04 bits per heavy atom. The van der Waals surface area contributed by atoms with E-state index in [2.05, 4.69) is 5.32 Å². The van der Waals surface area contributed by atoms with Crippen molar-refractivity contribution in [2.45, 2.75) is 39.7 Å².